The van der Waals surface area contributed by atoms with E-state index in [0.717, 1.165) is 11.1 Å². The van der Waals surface area contributed by atoms with Gasteiger partial charge in [0.25, 0.3) is 5.91 Å². The molecule has 5 heteroatoms. The molecule has 0 aliphatic rings. The van der Waals surface area contributed by atoms with Crippen LogP contribution in [0, 0.1) is 0 Å². The van der Waals surface area contributed by atoms with Crippen molar-refractivity contribution in [2.24, 2.45) is 0 Å². The van der Waals surface area contributed by atoms with E-state index in [0.29, 0.717) is 18.0 Å². The van der Waals surface area contributed by atoms with Crippen LogP contribution in [-0.4, -0.2) is 17.6 Å². The lowest BCUT2D eigenvalue weighted by Gasteiger charge is -2.09. The number of nitrogen functional groups attached to an aromatic ring is 1. The second-order valence-corrected chi connectivity index (χ2v) is 4.58. The fourth-order valence-corrected chi connectivity index (χ4v) is 1.84. The van der Waals surface area contributed by atoms with E-state index >= 15 is 0 Å². The molecule has 1 amide bonds. The van der Waals surface area contributed by atoms with Crippen molar-refractivity contribution in [2.45, 2.75) is 13.2 Å². The molecule has 0 aromatic heterocycles. The summed E-state index contributed by atoms with van der Waals surface area (Å²) in [7, 11) is 0. The quantitative estimate of drug-likeness (QED) is 0.702. The van der Waals surface area contributed by atoms with Gasteiger partial charge in [-0.15, -0.1) is 0 Å². The maximum atomic E-state index is 11.7. The van der Waals surface area contributed by atoms with Crippen LogP contribution in [0.1, 0.15) is 11.1 Å². The lowest BCUT2D eigenvalue weighted by atomic mass is 10.1. The Bertz CT molecular complexity index is 614. The number of carbonyl (C=O) groups is 1. The lowest BCUT2D eigenvalue weighted by Crippen LogP contribution is -2.28. The highest BCUT2D eigenvalue weighted by Gasteiger charge is 2.05. The first-order valence-electron chi connectivity index (χ1n) is 6.61. The van der Waals surface area contributed by atoms with Crippen LogP contribution in [-0.2, 0) is 17.9 Å². The summed E-state index contributed by atoms with van der Waals surface area (Å²) in [6.07, 6.45) is 0. The number of nitrogens with one attached hydrogen (secondary N) is 1. The third-order valence-electron chi connectivity index (χ3n) is 2.94. The first kappa shape index (κ1) is 14.9. The number of hydrogen-bond acceptors (Lipinski definition) is 4. The summed E-state index contributed by atoms with van der Waals surface area (Å²) in [4.78, 5) is 11.7. The Morgan fingerprint density at radius 2 is 1.90 bits per heavy atom. The Hall–Kier alpha value is -2.53. The predicted octanol–water partition coefficient (Wildman–Crippen LogP) is 1.46. The monoisotopic (exact) mass is 286 g/mol. The minimum Gasteiger partial charge on any atom is -0.482 e. The molecule has 0 atom stereocenters. The Labute approximate surface area is 123 Å². The van der Waals surface area contributed by atoms with Crippen LogP contribution >= 0.6 is 0 Å². The number of nitrogens with two attached hydrogens (primary N) is 1. The van der Waals surface area contributed by atoms with Crippen LogP contribution in [0.5, 0.6) is 5.75 Å². The number of hydrogen-bond donors (Lipinski definition) is 3. The maximum absolute atomic E-state index is 11.7. The normalized spacial score (nSPS) is 10.1. The van der Waals surface area contributed by atoms with Gasteiger partial charge in [-0.25, -0.2) is 0 Å². The van der Waals surface area contributed by atoms with E-state index in [-0.39, 0.29) is 19.1 Å². The number of amides is 1. The van der Waals surface area contributed by atoms with E-state index in [9.17, 15) is 4.79 Å². The van der Waals surface area contributed by atoms with Crippen molar-refractivity contribution >= 4 is 11.6 Å². The van der Waals surface area contributed by atoms with Crippen molar-refractivity contribution in [3.8, 4) is 5.75 Å². The molecular formula is C16H18N2O3. The standard InChI is InChI=1S/C16H18N2O3/c17-14-6-1-2-7-15(14)21-11-16(20)18-9-12-4-3-5-13(8-12)10-19/h1-8,19H,9-11,17H2,(H,18,20). The molecule has 0 radical (unpaired) electrons. The minimum absolute atomic E-state index is 0.0157. The molecule has 0 aliphatic carbocycles. The van der Waals surface area contributed by atoms with Crippen LogP contribution in [0.15, 0.2) is 48.5 Å². The zero-order valence-corrected chi connectivity index (χ0v) is 11.6. The van der Waals surface area contributed by atoms with Gasteiger partial charge in [0.05, 0.1) is 12.3 Å². The highest BCUT2D eigenvalue weighted by Crippen LogP contribution is 2.19. The van der Waals surface area contributed by atoms with Gasteiger partial charge in [0.2, 0.25) is 0 Å². The average molecular weight is 286 g/mol. The predicted molar refractivity (Wildman–Crippen MR) is 80.6 cm³/mol. The number of para-hydroxylation sites is 2. The lowest BCUT2D eigenvalue weighted by molar-refractivity contribution is -0.123. The summed E-state index contributed by atoms with van der Waals surface area (Å²) in [6, 6.07) is 14.4. The van der Waals surface area contributed by atoms with E-state index in [1.807, 2.05) is 24.3 Å². The van der Waals surface area contributed by atoms with Gasteiger partial charge in [0, 0.05) is 6.54 Å². The van der Waals surface area contributed by atoms with Crippen LogP contribution in [0.25, 0.3) is 0 Å². The zero-order chi connectivity index (χ0) is 15.1. The third kappa shape index (κ3) is 4.50. The van der Waals surface area contributed by atoms with Gasteiger partial charge in [-0.3, -0.25) is 4.79 Å². The van der Waals surface area contributed by atoms with Crippen LogP contribution in [0.3, 0.4) is 0 Å². The highest BCUT2D eigenvalue weighted by atomic mass is 16.5. The summed E-state index contributed by atoms with van der Waals surface area (Å²) in [5.74, 6) is 0.266. The Morgan fingerprint density at radius 3 is 2.67 bits per heavy atom. The second-order valence-electron chi connectivity index (χ2n) is 4.58. The Kier molecular flexibility index (Phi) is 5.17. The van der Waals surface area contributed by atoms with Crippen molar-refractivity contribution in [3.05, 3.63) is 59.7 Å². The summed E-state index contributed by atoms with van der Waals surface area (Å²) in [5.41, 5.74) is 7.96. The first-order chi connectivity index (χ1) is 10.2. The average Bonchev–Trinajstić information content (AvgIpc) is 2.52. The molecule has 4 N–H and O–H groups in total. The van der Waals surface area contributed by atoms with Crippen molar-refractivity contribution in [1.29, 1.82) is 0 Å². The molecule has 0 heterocycles. The molecule has 2 aromatic carbocycles. The summed E-state index contributed by atoms with van der Waals surface area (Å²) >= 11 is 0. The van der Waals surface area contributed by atoms with Crippen molar-refractivity contribution in [3.63, 3.8) is 0 Å². The van der Waals surface area contributed by atoms with E-state index in [1.165, 1.54) is 0 Å². The van der Waals surface area contributed by atoms with Gasteiger partial charge in [-0.2, -0.15) is 0 Å². The van der Waals surface area contributed by atoms with Gasteiger partial charge < -0.3 is 20.9 Å². The molecular weight excluding hydrogens is 268 g/mol. The molecule has 5 nitrogen and oxygen atoms in total. The minimum atomic E-state index is -0.229. The number of carbonyl (C=O) groups excluding carboxylic acids is 1. The topological polar surface area (TPSA) is 84.6 Å². The second kappa shape index (κ2) is 7.31. The van der Waals surface area contributed by atoms with E-state index in [1.54, 1.807) is 24.3 Å². The zero-order valence-electron chi connectivity index (χ0n) is 11.6. The molecule has 0 fully saturated rings. The maximum Gasteiger partial charge on any atom is 0.258 e. The van der Waals surface area contributed by atoms with E-state index in [4.69, 9.17) is 15.6 Å². The van der Waals surface area contributed by atoms with E-state index < -0.39 is 0 Å². The van der Waals surface area contributed by atoms with Crippen LogP contribution in [0.2, 0.25) is 0 Å². The SMILES string of the molecule is Nc1ccccc1OCC(=O)NCc1cccc(CO)c1. The van der Waals surface area contributed by atoms with Gasteiger partial charge >= 0.3 is 0 Å². The number of aliphatic hydroxyl groups is 1. The van der Waals surface area contributed by atoms with E-state index in [2.05, 4.69) is 5.32 Å². The first-order valence-corrected chi connectivity index (χ1v) is 6.61. The van der Waals surface area contributed by atoms with Crippen molar-refractivity contribution in [1.82, 2.24) is 5.32 Å². The fraction of sp³-hybridized carbons (Fsp3) is 0.188. The molecule has 110 valence electrons. The third-order valence-corrected chi connectivity index (χ3v) is 2.94. The molecule has 0 bridgehead atoms. The summed E-state index contributed by atoms with van der Waals surface area (Å²) in [6.45, 7) is 0.284. The highest BCUT2D eigenvalue weighted by molar-refractivity contribution is 5.77. The molecule has 21 heavy (non-hydrogen) atoms. The Balaban J connectivity index is 1.81. The number of benzene rings is 2. The molecule has 2 rings (SSSR count). The van der Waals surface area contributed by atoms with Gasteiger partial charge in [-0.1, -0.05) is 36.4 Å². The molecule has 0 spiro atoms. The van der Waals surface area contributed by atoms with Crippen LogP contribution < -0.4 is 15.8 Å². The smallest absolute Gasteiger partial charge is 0.258 e. The largest absolute Gasteiger partial charge is 0.482 e. The molecule has 0 unspecified atom stereocenters. The fourth-order valence-electron chi connectivity index (χ4n) is 1.84. The molecule has 0 aliphatic heterocycles. The number of rotatable bonds is 6. The van der Waals surface area contributed by atoms with Crippen molar-refractivity contribution in [2.75, 3.05) is 12.3 Å². The molecule has 0 saturated carbocycles. The summed E-state index contributed by atoms with van der Waals surface area (Å²) in [5, 5.41) is 11.8. The van der Waals surface area contributed by atoms with Gasteiger partial charge in [0.1, 0.15) is 5.75 Å². The van der Waals surface area contributed by atoms with Crippen molar-refractivity contribution < 1.29 is 14.6 Å². The Morgan fingerprint density at radius 1 is 1.14 bits per heavy atom. The number of anilines is 1. The van der Waals surface area contributed by atoms with Crippen LogP contribution in [0.4, 0.5) is 5.69 Å². The van der Waals surface area contributed by atoms with Gasteiger partial charge in [-0.05, 0) is 23.3 Å². The molecule has 0 saturated heterocycles. The van der Waals surface area contributed by atoms with Gasteiger partial charge in [0.15, 0.2) is 6.61 Å². The molecule has 2 aromatic rings. The summed E-state index contributed by atoms with van der Waals surface area (Å²) < 4.78 is 5.35. The number of aliphatic hydroxyl groups excluding tert-OH is 1. The number of ether oxygens (including phenoxy) is 1.